The maximum absolute atomic E-state index is 12.4. The minimum atomic E-state index is -0.116. The molecule has 2 aromatic rings. The predicted molar refractivity (Wildman–Crippen MR) is 85.7 cm³/mol. The van der Waals surface area contributed by atoms with Gasteiger partial charge in [0, 0.05) is 11.4 Å². The third kappa shape index (κ3) is 3.35. The van der Waals surface area contributed by atoms with E-state index in [1.54, 1.807) is 6.07 Å². The second-order valence-electron chi connectivity index (χ2n) is 5.67. The summed E-state index contributed by atoms with van der Waals surface area (Å²) in [5.74, 6) is -0.116. The van der Waals surface area contributed by atoms with Gasteiger partial charge in [0.15, 0.2) is 0 Å². The molecular weight excluding hydrogens is 284 g/mol. The fourth-order valence-electron chi connectivity index (χ4n) is 2.93. The zero-order valence-corrected chi connectivity index (χ0v) is 12.7. The Morgan fingerprint density at radius 1 is 1.14 bits per heavy atom. The number of halogens is 1. The van der Waals surface area contributed by atoms with Crippen LogP contribution in [0.15, 0.2) is 30.3 Å². The van der Waals surface area contributed by atoms with Crippen molar-refractivity contribution in [3.8, 4) is 0 Å². The molecule has 3 nitrogen and oxygen atoms in total. The van der Waals surface area contributed by atoms with E-state index in [4.69, 9.17) is 11.6 Å². The van der Waals surface area contributed by atoms with Crippen molar-refractivity contribution in [1.29, 1.82) is 0 Å². The molecule has 1 aliphatic carbocycles. The molecule has 0 bridgehead atoms. The van der Waals surface area contributed by atoms with E-state index in [2.05, 4.69) is 10.3 Å². The van der Waals surface area contributed by atoms with Crippen molar-refractivity contribution in [2.24, 2.45) is 0 Å². The first kappa shape index (κ1) is 14.3. The molecule has 110 valence electrons. The molecule has 1 fully saturated rings. The van der Waals surface area contributed by atoms with Crippen LogP contribution in [0, 0.1) is 0 Å². The molecule has 3 rings (SSSR count). The van der Waals surface area contributed by atoms with E-state index in [-0.39, 0.29) is 11.9 Å². The maximum Gasteiger partial charge on any atom is 0.270 e. The van der Waals surface area contributed by atoms with Gasteiger partial charge in [-0.3, -0.25) is 4.79 Å². The van der Waals surface area contributed by atoms with Crippen LogP contribution in [-0.2, 0) is 0 Å². The minimum Gasteiger partial charge on any atom is -0.348 e. The Kier molecular flexibility index (Phi) is 4.39. The lowest BCUT2D eigenvalue weighted by Gasteiger charge is -2.16. The van der Waals surface area contributed by atoms with Crippen LogP contribution in [0.4, 0.5) is 0 Å². The molecule has 0 atom stereocenters. The molecule has 1 amide bonds. The number of carbonyl (C=O) groups is 1. The Morgan fingerprint density at radius 3 is 2.62 bits per heavy atom. The van der Waals surface area contributed by atoms with Crippen LogP contribution in [0.3, 0.4) is 0 Å². The average Bonchev–Trinajstić information content (AvgIpc) is 2.76. The van der Waals surface area contributed by atoms with Gasteiger partial charge in [0.1, 0.15) is 5.69 Å². The van der Waals surface area contributed by atoms with E-state index < -0.39 is 0 Å². The van der Waals surface area contributed by atoms with Crippen LogP contribution in [0.5, 0.6) is 0 Å². The molecule has 1 saturated carbocycles. The lowest BCUT2D eigenvalue weighted by Crippen LogP contribution is -2.34. The molecule has 0 aliphatic heterocycles. The van der Waals surface area contributed by atoms with E-state index in [9.17, 15) is 4.79 Å². The van der Waals surface area contributed by atoms with Gasteiger partial charge >= 0.3 is 0 Å². The fourth-order valence-corrected chi connectivity index (χ4v) is 3.20. The molecule has 0 saturated heterocycles. The summed E-state index contributed by atoms with van der Waals surface area (Å²) < 4.78 is 0. The lowest BCUT2D eigenvalue weighted by atomic mass is 10.1. The zero-order chi connectivity index (χ0) is 14.7. The van der Waals surface area contributed by atoms with E-state index in [0.717, 1.165) is 23.7 Å². The second-order valence-corrected chi connectivity index (χ2v) is 6.08. The molecule has 21 heavy (non-hydrogen) atoms. The summed E-state index contributed by atoms with van der Waals surface area (Å²) in [6, 6.07) is 9.55. The summed E-state index contributed by atoms with van der Waals surface area (Å²) in [5.41, 5.74) is 1.17. The highest BCUT2D eigenvalue weighted by atomic mass is 35.5. The van der Waals surface area contributed by atoms with E-state index >= 15 is 0 Å². The molecular formula is C17H19ClN2O. The number of benzene rings is 1. The summed E-state index contributed by atoms with van der Waals surface area (Å²) in [4.78, 5) is 16.8. The summed E-state index contributed by atoms with van der Waals surface area (Å²) in [6.07, 6.45) is 7.05. The van der Waals surface area contributed by atoms with E-state index in [1.807, 2.05) is 24.3 Å². The molecule has 1 aromatic heterocycles. The fraction of sp³-hybridized carbons (Fsp3) is 0.412. The Bertz CT molecular complexity index is 648. The smallest absolute Gasteiger partial charge is 0.270 e. The van der Waals surface area contributed by atoms with Crippen LogP contribution in [0.2, 0.25) is 5.02 Å². The zero-order valence-electron chi connectivity index (χ0n) is 11.9. The molecule has 0 unspecified atom stereocenters. The largest absolute Gasteiger partial charge is 0.348 e. The van der Waals surface area contributed by atoms with Gasteiger partial charge in [-0.1, -0.05) is 55.5 Å². The third-order valence-corrected chi connectivity index (χ3v) is 4.40. The Labute approximate surface area is 129 Å². The van der Waals surface area contributed by atoms with Crippen LogP contribution < -0.4 is 5.32 Å². The number of pyridine rings is 1. The number of hydrogen-bond donors (Lipinski definition) is 1. The van der Waals surface area contributed by atoms with Gasteiger partial charge in [-0.2, -0.15) is 0 Å². The van der Waals surface area contributed by atoms with E-state index in [0.29, 0.717) is 10.7 Å². The SMILES string of the molecule is O=C(NC1CCCCCC1)c1cc(Cl)c2ccccc2n1. The maximum atomic E-state index is 12.4. The number of aromatic nitrogens is 1. The van der Waals surface area contributed by atoms with Gasteiger partial charge in [-0.25, -0.2) is 4.98 Å². The highest BCUT2D eigenvalue weighted by Crippen LogP contribution is 2.23. The Balaban J connectivity index is 1.80. The van der Waals surface area contributed by atoms with Crippen molar-refractivity contribution in [2.45, 2.75) is 44.6 Å². The van der Waals surface area contributed by atoms with Gasteiger partial charge in [0.25, 0.3) is 5.91 Å². The lowest BCUT2D eigenvalue weighted by molar-refractivity contribution is 0.0928. The first-order chi connectivity index (χ1) is 10.2. The van der Waals surface area contributed by atoms with Crippen LogP contribution in [0.1, 0.15) is 49.0 Å². The van der Waals surface area contributed by atoms with Crippen molar-refractivity contribution in [3.05, 3.63) is 41.0 Å². The molecule has 1 N–H and O–H groups in total. The molecule has 1 aromatic carbocycles. The van der Waals surface area contributed by atoms with Crippen LogP contribution in [0.25, 0.3) is 10.9 Å². The Hall–Kier alpha value is -1.61. The number of carbonyl (C=O) groups excluding carboxylic acids is 1. The second kappa shape index (κ2) is 6.44. The molecule has 0 spiro atoms. The minimum absolute atomic E-state index is 0.116. The van der Waals surface area contributed by atoms with Crippen LogP contribution in [-0.4, -0.2) is 16.9 Å². The van der Waals surface area contributed by atoms with Gasteiger partial charge in [-0.05, 0) is 25.0 Å². The van der Waals surface area contributed by atoms with Gasteiger partial charge in [0.05, 0.1) is 10.5 Å². The number of nitrogens with one attached hydrogen (secondary N) is 1. The quantitative estimate of drug-likeness (QED) is 0.838. The number of nitrogens with zero attached hydrogens (tertiary/aromatic N) is 1. The van der Waals surface area contributed by atoms with Gasteiger partial charge < -0.3 is 5.32 Å². The monoisotopic (exact) mass is 302 g/mol. The number of para-hydroxylation sites is 1. The van der Waals surface area contributed by atoms with Crippen molar-refractivity contribution >= 4 is 28.4 Å². The topological polar surface area (TPSA) is 42.0 Å². The first-order valence-corrected chi connectivity index (χ1v) is 7.98. The highest BCUT2D eigenvalue weighted by Gasteiger charge is 2.17. The molecule has 1 aliphatic rings. The van der Waals surface area contributed by atoms with Crippen molar-refractivity contribution < 1.29 is 4.79 Å². The van der Waals surface area contributed by atoms with Crippen LogP contribution >= 0.6 is 11.6 Å². The van der Waals surface area contributed by atoms with Crippen molar-refractivity contribution in [1.82, 2.24) is 10.3 Å². The molecule has 0 radical (unpaired) electrons. The third-order valence-electron chi connectivity index (χ3n) is 4.09. The Morgan fingerprint density at radius 2 is 1.86 bits per heavy atom. The summed E-state index contributed by atoms with van der Waals surface area (Å²) in [7, 11) is 0. The first-order valence-electron chi connectivity index (χ1n) is 7.60. The average molecular weight is 303 g/mol. The molecule has 1 heterocycles. The normalized spacial score (nSPS) is 16.6. The summed E-state index contributed by atoms with van der Waals surface area (Å²) >= 11 is 6.26. The highest BCUT2D eigenvalue weighted by molar-refractivity contribution is 6.35. The van der Waals surface area contributed by atoms with Gasteiger partial charge in [0.2, 0.25) is 0 Å². The number of amides is 1. The van der Waals surface area contributed by atoms with Crippen molar-refractivity contribution in [3.63, 3.8) is 0 Å². The molecule has 4 heteroatoms. The van der Waals surface area contributed by atoms with Crippen molar-refractivity contribution in [2.75, 3.05) is 0 Å². The van der Waals surface area contributed by atoms with Gasteiger partial charge in [-0.15, -0.1) is 0 Å². The number of rotatable bonds is 2. The number of fused-ring (bicyclic) bond motifs is 1. The summed E-state index contributed by atoms with van der Waals surface area (Å²) in [5, 5.41) is 4.56. The summed E-state index contributed by atoms with van der Waals surface area (Å²) in [6.45, 7) is 0. The standard InChI is InChI=1S/C17H19ClN2O/c18-14-11-16(20-15-10-6-5-9-13(14)15)17(21)19-12-7-3-1-2-4-8-12/h5-6,9-12H,1-4,7-8H2,(H,19,21). The number of hydrogen-bond acceptors (Lipinski definition) is 2. The van der Waals surface area contributed by atoms with E-state index in [1.165, 1.54) is 25.7 Å². The predicted octanol–water partition coefficient (Wildman–Crippen LogP) is 4.34.